The average molecular weight is 545 g/mol. The second kappa shape index (κ2) is 8.41. The van der Waals surface area contributed by atoms with E-state index in [9.17, 15) is 10.2 Å². The van der Waals surface area contributed by atoms with Crippen molar-refractivity contribution in [1.29, 1.82) is 0 Å². The number of nitrogens with zero attached hydrogens (tertiary/aromatic N) is 1. The van der Waals surface area contributed by atoms with Crippen molar-refractivity contribution in [2.75, 3.05) is 19.8 Å². The van der Waals surface area contributed by atoms with Gasteiger partial charge in [0.2, 0.25) is 0 Å². The molecule has 4 fully saturated rings. The Bertz CT molecular complexity index is 1060. The molecule has 0 radical (unpaired) electrons. The number of phenols is 1. The summed E-state index contributed by atoms with van der Waals surface area (Å²) in [5.74, 6) is 1.65. The molecule has 3 saturated carbocycles. The van der Waals surface area contributed by atoms with Gasteiger partial charge in [-0.2, -0.15) is 0 Å². The Kier molecular flexibility index (Phi) is 5.80. The quantitative estimate of drug-likeness (QED) is 0.361. The first kappa shape index (κ1) is 24.1. The zero-order valence-corrected chi connectivity index (χ0v) is 22.5. The summed E-state index contributed by atoms with van der Waals surface area (Å²) in [7, 11) is 0. The van der Waals surface area contributed by atoms with Crippen molar-refractivity contribution in [3.63, 3.8) is 0 Å². The van der Waals surface area contributed by atoms with Gasteiger partial charge in [-0.25, -0.2) is 0 Å². The second-order valence-electron chi connectivity index (χ2n) is 12.2. The highest BCUT2D eigenvalue weighted by Gasteiger charge is 2.64. The molecule has 5 nitrogen and oxygen atoms in total. The molecule has 6 heteroatoms. The van der Waals surface area contributed by atoms with E-state index in [1.165, 1.54) is 6.42 Å². The molecule has 1 aromatic rings. The number of allylic oxidation sites excluding steroid dienone is 1. The Morgan fingerprint density at radius 3 is 2.66 bits per heavy atom. The van der Waals surface area contributed by atoms with E-state index in [0.717, 1.165) is 62.6 Å². The molecule has 0 aromatic heterocycles. The molecule has 1 spiro atoms. The fourth-order valence-corrected chi connectivity index (χ4v) is 9.02. The van der Waals surface area contributed by atoms with Gasteiger partial charge >= 0.3 is 0 Å². The fourth-order valence-electron chi connectivity index (χ4n) is 8.64. The summed E-state index contributed by atoms with van der Waals surface area (Å²) in [5, 5.41) is 22.1. The molecule has 1 aliphatic heterocycles. The highest BCUT2D eigenvalue weighted by atomic mass is 79.9. The fraction of sp³-hybridized carbons (Fsp3) is 0.690. The van der Waals surface area contributed by atoms with Crippen LogP contribution in [-0.4, -0.2) is 47.6 Å². The van der Waals surface area contributed by atoms with Crippen molar-refractivity contribution in [3.05, 3.63) is 39.9 Å². The van der Waals surface area contributed by atoms with Crippen molar-refractivity contribution in [2.45, 2.75) is 76.6 Å². The number of benzene rings is 1. The SMILES string of the molecule is C[C@]12CCC3(CC1=CC[C@@H]1[C@@H]2CC[C@@]2(C)[C@H]1CC[C@@]2(O)CN=Cc1cc(Br)ccc1O)OCCO3. The van der Waals surface area contributed by atoms with Crippen LogP contribution in [0.2, 0.25) is 0 Å². The number of ether oxygens (including phenoxy) is 2. The summed E-state index contributed by atoms with van der Waals surface area (Å²) in [6.45, 7) is 6.65. The summed E-state index contributed by atoms with van der Waals surface area (Å²) in [4.78, 5) is 4.66. The maximum atomic E-state index is 11.9. The smallest absolute Gasteiger partial charge is 0.172 e. The lowest BCUT2D eigenvalue weighted by Gasteiger charge is -2.59. The number of fused-ring (bicyclic) bond motifs is 5. The van der Waals surface area contributed by atoms with Crippen LogP contribution >= 0.6 is 15.9 Å². The molecular formula is C29H38BrNO4. The Morgan fingerprint density at radius 2 is 1.86 bits per heavy atom. The molecule has 0 amide bonds. The number of aliphatic imine (C=N–C) groups is 1. The van der Waals surface area contributed by atoms with E-state index in [2.05, 4.69) is 40.8 Å². The number of hydrogen-bond acceptors (Lipinski definition) is 5. The molecule has 1 saturated heterocycles. The van der Waals surface area contributed by atoms with E-state index in [1.54, 1.807) is 17.9 Å². The second-order valence-corrected chi connectivity index (χ2v) is 13.2. The summed E-state index contributed by atoms with van der Waals surface area (Å²) in [5.41, 5.74) is 1.53. The lowest BCUT2D eigenvalue weighted by molar-refractivity contribution is -0.187. The van der Waals surface area contributed by atoms with Gasteiger partial charge in [0.15, 0.2) is 5.79 Å². The lowest BCUT2D eigenvalue weighted by Crippen LogP contribution is -2.56. The van der Waals surface area contributed by atoms with Gasteiger partial charge in [-0.3, -0.25) is 4.99 Å². The monoisotopic (exact) mass is 543 g/mol. The zero-order chi connectivity index (χ0) is 24.5. The van der Waals surface area contributed by atoms with Gasteiger partial charge in [-0.05, 0) is 79.9 Å². The molecule has 6 rings (SSSR count). The number of rotatable bonds is 3. The van der Waals surface area contributed by atoms with Crippen LogP contribution in [0, 0.1) is 28.6 Å². The molecule has 0 bridgehead atoms. The molecule has 0 unspecified atom stereocenters. The first-order valence-corrected chi connectivity index (χ1v) is 14.2. The Hall–Kier alpha value is -1.21. The van der Waals surface area contributed by atoms with Crippen molar-refractivity contribution in [3.8, 4) is 5.75 Å². The van der Waals surface area contributed by atoms with Gasteiger partial charge in [0.1, 0.15) is 5.75 Å². The van der Waals surface area contributed by atoms with Crippen molar-refractivity contribution >= 4 is 22.1 Å². The van der Waals surface area contributed by atoms with Gasteiger partial charge < -0.3 is 19.7 Å². The lowest BCUT2D eigenvalue weighted by atomic mass is 9.46. The maximum Gasteiger partial charge on any atom is 0.172 e. The Balaban J connectivity index is 1.21. The third-order valence-electron chi connectivity index (χ3n) is 10.8. The van der Waals surface area contributed by atoms with E-state index in [0.29, 0.717) is 29.9 Å². The predicted molar refractivity (Wildman–Crippen MR) is 140 cm³/mol. The zero-order valence-electron chi connectivity index (χ0n) is 20.9. The number of phenolic OH excluding ortho intramolecular Hbond substituents is 1. The summed E-state index contributed by atoms with van der Waals surface area (Å²) >= 11 is 3.46. The number of hydrogen-bond donors (Lipinski definition) is 2. The highest BCUT2D eigenvalue weighted by molar-refractivity contribution is 9.10. The summed E-state index contributed by atoms with van der Waals surface area (Å²) in [6, 6.07) is 5.33. The third kappa shape index (κ3) is 3.69. The predicted octanol–water partition coefficient (Wildman–Crippen LogP) is 6.01. The molecule has 35 heavy (non-hydrogen) atoms. The highest BCUT2D eigenvalue weighted by Crippen LogP contribution is 2.68. The van der Waals surface area contributed by atoms with E-state index in [4.69, 9.17) is 9.47 Å². The van der Waals surface area contributed by atoms with Crippen LogP contribution in [0.1, 0.15) is 70.8 Å². The number of halogens is 1. The molecule has 1 aromatic carbocycles. The molecule has 6 atom stereocenters. The molecule has 5 aliphatic rings. The largest absolute Gasteiger partial charge is 0.507 e. The van der Waals surface area contributed by atoms with Crippen molar-refractivity contribution in [2.24, 2.45) is 33.6 Å². The first-order chi connectivity index (χ1) is 16.7. The van der Waals surface area contributed by atoms with Crippen LogP contribution in [0.5, 0.6) is 5.75 Å². The van der Waals surface area contributed by atoms with Gasteiger partial charge in [-0.1, -0.05) is 41.4 Å². The van der Waals surface area contributed by atoms with Gasteiger partial charge in [-0.15, -0.1) is 0 Å². The minimum absolute atomic E-state index is 0.125. The number of aromatic hydroxyl groups is 1. The van der Waals surface area contributed by atoms with Crippen LogP contribution < -0.4 is 0 Å². The Labute approximate surface area is 217 Å². The minimum Gasteiger partial charge on any atom is -0.507 e. The van der Waals surface area contributed by atoms with Crippen LogP contribution in [0.3, 0.4) is 0 Å². The first-order valence-electron chi connectivity index (χ1n) is 13.4. The topological polar surface area (TPSA) is 71.3 Å². The maximum absolute atomic E-state index is 11.9. The van der Waals surface area contributed by atoms with Crippen molar-refractivity contribution in [1.82, 2.24) is 0 Å². The van der Waals surface area contributed by atoms with Gasteiger partial charge in [0.05, 0.1) is 25.4 Å². The van der Waals surface area contributed by atoms with Gasteiger partial charge in [0, 0.05) is 34.5 Å². The number of aliphatic hydroxyl groups is 1. The van der Waals surface area contributed by atoms with Crippen LogP contribution in [0.25, 0.3) is 0 Å². The van der Waals surface area contributed by atoms with Crippen LogP contribution in [0.15, 0.2) is 39.3 Å². The molecule has 2 N–H and O–H groups in total. The standard InChI is InChI=1S/C29H38BrNO4/c1-26-11-12-29(34-13-14-35-29)16-20(26)3-5-22-23(26)7-9-27(2)24(22)8-10-28(27,33)18-31-17-19-15-21(30)4-6-25(19)32/h3-4,6,15,17,22-24,32-33H,5,7-14,16,18H2,1-2H3/t22-,23+,24+,26+,27+,28-/m1/s1. The molecule has 4 aliphatic carbocycles. The van der Waals surface area contributed by atoms with E-state index in [1.807, 2.05) is 12.1 Å². The summed E-state index contributed by atoms with van der Waals surface area (Å²) in [6.07, 6.45) is 12.5. The third-order valence-corrected chi connectivity index (χ3v) is 11.3. The normalized spacial score (nSPS) is 42.1. The van der Waals surface area contributed by atoms with E-state index < -0.39 is 5.60 Å². The van der Waals surface area contributed by atoms with Crippen LogP contribution in [-0.2, 0) is 9.47 Å². The molecule has 190 valence electrons. The van der Waals surface area contributed by atoms with E-state index in [-0.39, 0.29) is 22.4 Å². The van der Waals surface area contributed by atoms with E-state index >= 15 is 0 Å². The van der Waals surface area contributed by atoms with Gasteiger partial charge in [0.25, 0.3) is 0 Å². The molecular weight excluding hydrogens is 506 g/mol. The molecule has 1 heterocycles. The summed E-state index contributed by atoms with van der Waals surface area (Å²) < 4.78 is 13.1. The average Bonchev–Trinajstić information content (AvgIpc) is 3.39. The Morgan fingerprint density at radius 1 is 1.09 bits per heavy atom. The van der Waals surface area contributed by atoms with Crippen LogP contribution in [0.4, 0.5) is 0 Å². The minimum atomic E-state index is -0.798. The van der Waals surface area contributed by atoms with Crippen molar-refractivity contribution < 1.29 is 19.7 Å².